The maximum Gasteiger partial charge on any atom is 0.141 e. The molecule has 0 heterocycles. The Hall–Kier alpha value is -0.310. The summed E-state index contributed by atoms with van der Waals surface area (Å²) in [5.41, 5.74) is 1.05. The third kappa shape index (κ3) is 3.34. The van der Waals surface area contributed by atoms with E-state index in [1.165, 1.54) is 25.3 Å². The Morgan fingerprint density at radius 1 is 1.35 bits per heavy atom. The highest BCUT2D eigenvalue weighted by Crippen LogP contribution is 2.27. The van der Waals surface area contributed by atoms with Crippen LogP contribution in [0.2, 0.25) is 5.02 Å². The van der Waals surface area contributed by atoms with Crippen LogP contribution in [0.15, 0.2) is 18.2 Å². The van der Waals surface area contributed by atoms with Crippen molar-refractivity contribution in [2.75, 3.05) is 12.4 Å². The van der Waals surface area contributed by atoms with Crippen molar-refractivity contribution in [3.63, 3.8) is 0 Å². The summed E-state index contributed by atoms with van der Waals surface area (Å²) >= 11 is 11.6. The molecule has 0 atom stereocenters. The van der Waals surface area contributed by atoms with Gasteiger partial charge in [0, 0.05) is 25.0 Å². The number of hydrogen-bond donors (Lipinski definition) is 0. The van der Waals surface area contributed by atoms with Gasteiger partial charge in [0.1, 0.15) is 5.82 Å². The first-order valence-corrected chi connectivity index (χ1v) is 6.86. The molecule has 0 unspecified atom stereocenters. The molecule has 94 valence electrons. The first kappa shape index (κ1) is 13.1. The molecule has 1 nitrogen and oxygen atoms in total. The van der Waals surface area contributed by atoms with Crippen LogP contribution in [0.5, 0.6) is 0 Å². The maximum absolute atomic E-state index is 13.1. The van der Waals surface area contributed by atoms with Gasteiger partial charge in [-0.3, -0.25) is 4.90 Å². The van der Waals surface area contributed by atoms with Gasteiger partial charge in [0.15, 0.2) is 0 Å². The minimum Gasteiger partial charge on any atom is -0.295 e. The SMILES string of the molecule is Fc1ccc(CN(CCCl)C2CCC2)cc1Cl. The van der Waals surface area contributed by atoms with Gasteiger partial charge in [-0.05, 0) is 30.5 Å². The van der Waals surface area contributed by atoms with Crippen LogP contribution in [0.3, 0.4) is 0 Å². The van der Waals surface area contributed by atoms with Gasteiger partial charge in [-0.25, -0.2) is 4.39 Å². The van der Waals surface area contributed by atoms with Crippen molar-refractivity contribution in [3.05, 3.63) is 34.6 Å². The molecule has 1 aliphatic rings. The Kier molecular flexibility index (Phi) is 4.66. The van der Waals surface area contributed by atoms with Gasteiger partial charge in [-0.15, -0.1) is 11.6 Å². The summed E-state index contributed by atoms with van der Waals surface area (Å²) in [6.07, 6.45) is 3.78. The Labute approximate surface area is 112 Å². The zero-order chi connectivity index (χ0) is 12.3. The lowest BCUT2D eigenvalue weighted by molar-refractivity contribution is 0.127. The predicted octanol–water partition coefficient (Wildman–Crippen LogP) is 4.07. The van der Waals surface area contributed by atoms with Crippen LogP contribution in [0, 0.1) is 5.82 Å². The first-order valence-electron chi connectivity index (χ1n) is 5.94. The number of benzene rings is 1. The van der Waals surface area contributed by atoms with Gasteiger partial charge < -0.3 is 0 Å². The van der Waals surface area contributed by atoms with Crippen LogP contribution in [0.1, 0.15) is 24.8 Å². The van der Waals surface area contributed by atoms with Crippen LogP contribution < -0.4 is 0 Å². The first-order chi connectivity index (χ1) is 8.20. The Bertz CT molecular complexity index is 380. The van der Waals surface area contributed by atoms with Crippen molar-refractivity contribution in [3.8, 4) is 0 Å². The summed E-state index contributed by atoms with van der Waals surface area (Å²) in [6.45, 7) is 1.68. The summed E-state index contributed by atoms with van der Waals surface area (Å²) in [7, 11) is 0. The van der Waals surface area contributed by atoms with Crippen molar-refractivity contribution in [1.29, 1.82) is 0 Å². The van der Waals surface area contributed by atoms with E-state index in [4.69, 9.17) is 23.2 Å². The molecule has 1 aliphatic carbocycles. The van der Waals surface area contributed by atoms with Crippen molar-refractivity contribution in [1.82, 2.24) is 4.90 Å². The Morgan fingerprint density at radius 3 is 2.65 bits per heavy atom. The van der Waals surface area contributed by atoms with Gasteiger partial charge in [0.2, 0.25) is 0 Å². The zero-order valence-corrected chi connectivity index (χ0v) is 11.1. The molecule has 4 heteroatoms. The Balaban J connectivity index is 2.02. The molecule has 0 spiro atoms. The summed E-state index contributed by atoms with van der Waals surface area (Å²) in [6, 6.07) is 5.56. The number of nitrogens with zero attached hydrogens (tertiary/aromatic N) is 1. The van der Waals surface area contributed by atoms with E-state index < -0.39 is 0 Å². The molecule has 0 N–H and O–H groups in total. The lowest BCUT2D eigenvalue weighted by Crippen LogP contribution is -2.40. The second-order valence-electron chi connectivity index (χ2n) is 4.49. The van der Waals surface area contributed by atoms with Crippen LogP contribution >= 0.6 is 23.2 Å². The molecule has 0 bridgehead atoms. The fourth-order valence-electron chi connectivity index (χ4n) is 2.12. The molecule has 1 aromatic rings. The molecule has 0 aromatic heterocycles. The monoisotopic (exact) mass is 275 g/mol. The van der Waals surface area contributed by atoms with Gasteiger partial charge in [-0.1, -0.05) is 24.1 Å². The minimum atomic E-state index is -0.358. The minimum absolute atomic E-state index is 0.196. The largest absolute Gasteiger partial charge is 0.295 e. The van der Waals surface area contributed by atoms with Gasteiger partial charge in [0.05, 0.1) is 5.02 Å². The second-order valence-corrected chi connectivity index (χ2v) is 5.28. The molecule has 0 amide bonds. The van der Waals surface area contributed by atoms with Gasteiger partial charge in [0.25, 0.3) is 0 Å². The summed E-state index contributed by atoms with van der Waals surface area (Å²) in [5.74, 6) is 0.272. The number of hydrogen-bond acceptors (Lipinski definition) is 1. The van der Waals surface area contributed by atoms with E-state index in [2.05, 4.69) is 4.90 Å². The van der Waals surface area contributed by atoms with Crippen LogP contribution in [-0.4, -0.2) is 23.4 Å². The molecule has 17 heavy (non-hydrogen) atoms. The molecular formula is C13H16Cl2FN. The van der Waals surface area contributed by atoms with E-state index in [0.29, 0.717) is 11.9 Å². The van der Waals surface area contributed by atoms with Crippen LogP contribution in [0.25, 0.3) is 0 Å². The summed E-state index contributed by atoms with van der Waals surface area (Å²) in [5, 5.41) is 0.196. The molecule has 0 radical (unpaired) electrons. The number of rotatable bonds is 5. The normalized spacial score (nSPS) is 16.2. The van der Waals surface area contributed by atoms with E-state index in [-0.39, 0.29) is 10.8 Å². The molecule has 1 fully saturated rings. The smallest absolute Gasteiger partial charge is 0.141 e. The molecule has 0 aliphatic heterocycles. The topological polar surface area (TPSA) is 3.24 Å². The number of alkyl halides is 1. The third-order valence-corrected chi connectivity index (χ3v) is 3.79. The highest BCUT2D eigenvalue weighted by molar-refractivity contribution is 6.30. The molecule has 0 saturated heterocycles. The van der Waals surface area contributed by atoms with Crippen LogP contribution in [0.4, 0.5) is 4.39 Å². The second kappa shape index (κ2) is 6.03. The average Bonchev–Trinajstić information content (AvgIpc) is 2.21. The van der Waals surface area contributed by atoms with E-state index in [0.717, 1.165) is 18.7 Å². The highest BCUT2D eigenvalue weighted by atomic mass is 35.5. The molecular weight excluding hydrogens is 260 g/mol. The van der Waals surface area contributed by atoms with Crippen LogP contribution in [-0.2, 0) is 6.54 Å². The van der Waals surface area contributed by atoms with Crippen molar-refractivity contribution >= 4 is 23.2 Å². The predicted molar refractivity (Wildman–Crippen MR) is 70.2 cm³/mol. The van der Waals surface area contributed by atoms with E-state index >= 15 is 0 Å². The quantitative estimate of drug-likeness (QED) is 0.733. The molecule has 1 aromatic carbocycles. The Morgan fingerprint density at radius 2 is 2.12 bits per heavy atom. The van der Waals surface area contributed by atoms with Crippen molar-refractivity contribution in [2.24, 2.45) is 0 Å². The molecule has 2 rings (SSSR count). The molecule has 1 saturated carbocycles. The van der Waals surface area contributed by atoms with E-state index in [1.54, 1.807) is 12.1 Å². The summed E-state index contributed by atoms with van der Waals surface area (Å²) in [4.78, 5) is 2.36. The lowest BCUT2D eigenvalue weighted by Gasteiger charge is -2.37. The number of halogens is 3. The summed E-state index contributed by atoms with van der Waals surface area (Å²) < 4.78 is 13.1. The van der Waals surface area contributed by atoms with Crippen molar-refractivity contribution < 1.29 is 4.39 Å². The van der Waals surface area contributed by atoms with Gasteiger partial charge in [-0.2, -0.15) is 0 Å². The fraction of sp³-hybridized carbons (Fsp3) is 0.538. The standard InChI is InChI=1S/C13H16Cl2FN/c14-6-7-17(11-2-1-3-11)9-10-4-5-13(16)12(15)8-10/h4-5,8,11H,1-3,6-7,9H2. The highest BCUT2D eigenvalue weighted by Gasteiger charge is 2.24. The van der Waals surface area contributed by atoms with Gasteiger partial charge >= 0.3 is 0 Å². The lowest BCUT2D eigenvalue weighted by atomic mass is 9.91. The van der Waals surface area contributed by atoms with E-state index in [9.17, 15) is 4.39 Å². The fourth-order valence-corrected chi connectivity index (χ4v) is 2.54. The van der Waals surface area contributed by atoms with Crippen molar-refractivity contribution in [2.45, 2.75) is 31.8 Å². The zero-order valence-electron chi connectivity index (χ0n) is 9.63. The van der Waals surface area contributed by atoms with E-state index in [1.807, 2.05) is 0 Å². The third-order valence-electron chi connectivity index (χ3n) is 3.33. The average molecular weight is 276 g/mol. The maximum atomic E-state index is 13.1.